The molecule has 2 aliphatic rings. The van der Waals surface area contributed by atoms with Gasteiger partial charge in [0.2, 0.25) is 6.79 Å². The SMILES string of the molecule is Cc1cn[nH]c1[C@H]1CCCN(C(=O)c2ccc3c(c2)OCO3)C1. The quantitative estimate of drug-likeness (QED) is 0.925. The highest BCUT2D eigenvalue weighted by atomic mass is 16.7. The molecule has 4 rings (SSSR count). The fourth-order valence-corrected chi connectivity index (χ4v) is 3.38. The number of nitrogens with one attached hydrogen (secondary N) is 1. The minimum absolute atomic E-state index is 0.0465. The van der Waals surface area contributed by atoms with Gasteiger partial charge in [0.25, 0.3) is 5.91 Å². The standard InChI is InChI=1S/C17H19N3O3/c1-11-8-18-19-16(11)13-3-2-6-20(9-13)17(21)12-4-5-14-15(7-12)23-10-22-14/h4-5,7-8,13H,2-3,6,9-10H2,1H3,(H,18,19)/t13-/m0/s1. The summed E-state index contributed by atoms with van der Waals surface area (Å²) in [7, 11) is 0. The predicted octanol–water partition coefficient (Wildman–Crippen LogP) is 2.47. The van der Waals surface area contributed by atoms with Gasteiger partial charge in [0, 0.05) is 30.3 Å². The average molecular weight is 313 g/mol. The minimum Gasteiger partial charge on any atom is -0.454 e. The molecular weight excluding hydrogens is 294 g/mol. The van der Waals surface area contributed by atoms with E-state index in [-0.39, 0.29) is 12.7 Å². The van der Waals surface area contributed by atoms with E-state index in [2.05, 4.69) is 17.1 Å². The number of nitrogens with zero attached hydrogens (tertiary/aromatic N) is 2. The maximum Gasteiger partial charge on any atom is 0.254 e. The molecule has 1 N–H and O–H groups in total. The Bertz CT molecular complexity index is 740. The molecule has 0 unspecified atom stereocenters. The number of piperidine rings is 1. The summed E-state index contributed by atoms with van der Waals surface area (Å²) >= 11 is 0. The molecule has 6 heteroatoms. The van der Waals surface area contributed by atoms with Gasteiger partial charge in [-0.05, 0) is 43.5 Å². The van der Waals surface area contributed by atoms with Gasteiger partial charge in [0.15, 0.2) is 11.5 Å². The smallest absolute Gasteiger partial charge is 0.254 e. The summed E-state index contributed by atoms with van der Waals surface area (Å²) in [6.07, 6.45) is 3.92. The van der Waals surface area contributed by atoms with Gasteiger partial charge in [-0.3, -0.25) is 9.89 Å². The number of aryl methyl sites for hydroxylation is 1. The Kier molecular flexibility index (Phi) is 3.44. The number of rotatable bonds is 2. The number of benzene rings is 1. The van der Waals surface area contributed by atoms with Crippen LogP contribution in [0.3, 0.4) is 0 Å². The van der Waals surface area contributed by atoms with Crippen molar-refractivity contribution in [2.45, 2.75) is 25.7 Å². The third kappa shape index (κ3) is 2.54. The topological polar surface area (TPSA) is 67.5 Å². The van der Waals surface area contributed by atoms with E-state index in [1.807, 2.05) is 11.1 Å². The average Bonchev–Trinajstić information content (AvgIpc) is 3.22. The van der Waals surface area contributed by atoms with Crippen LogP contribution in [0.25, 0.3) is 0 Å². The van der Waals surface area contributed by atoms with Crippen molar-refractivity contribution < 1.29 is 14.3 Å². The maximum atomic E-state index is 12.8. The lowest BCUT2D eigenvalue weighted by Crippen LogP contribution is -2.39. The van der Waals surface area contributed by atoms with Gasteiger partial charge in [-0.1, -0.05) is 0 Å². The Morgan fingerprint density at radius 1 is 1.35 bits per heavy atom. The second-order valence-corrected chi connectivity index (χ2v) is 6.13. The zero-order chi connectivity index (χ0) is 15.8. The van der Waals surface area contributed by atoms with Crippen LogP contribution in [0.1, 0.15) is 40.4 Å². The summed E-state index contributed by atoms with van der Waals surface area (Å²) in [4.78, 5) is 14.7. The van der Waals surface area contributed by atoms with Crippen molar-refractivity contribution in [2.24, 2.45) is 0 Å². The Balaban J connectivity index is 1.53. The van der Waals surface area contributed by atoms with Crippen molar-refractivity contribution in [2.75, 3.05) is 19.9 Å². The minimum atomic E-state index is 0.0465. The Hall–Kier alpha value is -2.50. The van der Waals surface area contributed by atoms with Crippen molar-refractivity contribution in [1.29, 1.82) is 0 Å². The van der Waals surface area contributed by atoms with Crippen LogP contribution in [0.2, 0.25) is 0 Å². The fourth-order valence-electron chi connectivity index (χ4n) is 3.38. The van der Waals surface area contributed by atoms with E-state index in [0.717, 1.165) is 37.2 Å². The normalized spacial score (nSPS) is 19.9. The molecule has 120 valence electrons. The van der Waals surface area contributed by atoms with Crippen LogP contribution in [-0.4, -0.2) is 40.9 Å². The van der Waals surface area contributed by atoms with E-state index in [0.29, 0.717) is 23.0 Å². The van der Waals surface area contributed by atoms with E-state index in [1.165, 1.54) is 0 Å². The van der Waals surface area contributed by atoms with Crippen LogP contribution in [0.15, 0.2) is 24.4 Å². The zero-order valence-electron chi connectivity index (χ0n) is 13.0. The molecule has 2 aliphatic heterocycles. The number of carbonyl (C=O) groups is 1. The summed E-state index contributed by atoms with van der Waals surface area (Å²) in [5.74, 6) is 1.72. The third-order valence-corrected chi connectivity index (χ3v) is 4.60. The van der Waals surface area contributed by atoms with Gasteiger partial charge in [-0.2, -0.15) is 5.10 Å². The molecule has 1 saturated heterocycles. The molecule has 1 amide bonds. The Morgan fingerprint density at radius 3 is 3.04 bits per heavy atom. The molecule has 1 fully saturated rings. The van der Waals surface area contributed by atoms with Crippen LogP contribution in [0.4, 0.5) is 0 Å². The summed E-state index contributed by atoms with van der Waals surface area (Å²) in [6.45, 7) is 3.78. The molecule has 2 aromatic rings. The highest BCUT2D eigenvalue weighted by Gasteiger charge is 2.28. The van der Waals surface area contributed by atoms with Crippen LogP contribution in [-0.2, 0) is 0 Å². The van der Waals surface area contributed by atoms with Crippen molar-refractivity contribution in [3.05, 3.63) is 41.2 Å². The Labute approximate surface area is 134 Å². The van der Waals surface area contributed by atoms with Gasteiger partial charge in [0.1, 0.15) is 0 Å². The van der Waals surface area contributed by atoms with E-state index in [1.54, 1.807) is 18.2 Å². The number of hydrogen-bond donors (Lipinski definition) is 1. The lowest BCUT2D eigenvalue weighted by atomic mass is 9.92. The largest absolute Gasteiger partial charge is 0.454 e. The molecule has 6 nitrogen and oxygen atoms in total. The summed E-state index contributed by atoms with van der Waals surface area (Å²) in [5.41, 5.74) is 2.96. The van der Waals surface area contributed by atoms with E-state index in [4.69, 9.17) is 9.47 Å². The summed E-state index contributed by atoms with van der Waals surface area (Å²) < 4.78 is 10.7. The highest BCUT2D eigenvalue weighted by Crippen LogP contribution is 2.34. The molecule has 23 heavy (non-hydrogen) atoms. The lowest BCUT2D eigenvalue weighted by Gasteiger charge is -2.32. The van der Waals surface area contributed by atoms with Crippen molar-refractivity contribution >= 4 is 5.91 Å². The molecule has 0 saturated carbocycles. The third-order valence-electron chi connectivity index (χ3n) is 4.60. The first-order valence-corrected chi connectivity index (χ1v) is 7.91. The van der Waals surface area contributed by atoms with Gasteiger partial charge < -0.3 is 14.4 Å². The van der Waals surface area contributed by atoms with Gasteiger partial charge in [0.05, 0.1) is 6.20 Å². The second kappa shape index (κ2) is 5.61. The van der Waals surface area contributed by atoms with Crippen LogP contribution in [0.5, 0.6) is 11.5 Å². The molecule has 3 heterocycles. The molecule has 1 aromatic heterocycles. The second-order valence-electron chi connectivity index (χ2n) is 6.13. The molecule has 0 aliphatic carbocycles. The van der Waals surface area contributed by atoms with E-state index < -0.39 is 0 Å². The molecule has 0 radical (unpaired) electrons. The van der Waals surface area contributed by atoms with E-state index in [9.17, 15) is 4.79 Å². The van der Waals surface area contributed by atoms with Gasteiger partial charge >= 0.3 is 0 Å². The van der Waals surface area contributed by atoms with Gasteiger partial charge in [-0.25, -0.2) is 0 Å². The first-order chi connectivity index (χ1) is 11.2. The first kappa shape index (κ1) is 14.1. The first-order valence-electron chi connectivity index (χ1n) is 7.91. The zero-order valence-corrected chi connectivity index (χ0v) is 13.0. The van der Waals surface area contributed by atoms with Crippen LogP contribution < -0.4 is 9.47 Å². The number of ether oxygens (including phenoxy) is 2. The number of hydrogen-bond acceptors (Lipinski definition) is 4. The monoisotopic (exact) mass is 313 g/mol. The number of likely N-dealkylation sites (tertiary alicyclic amines) is 1. The fraction of sp³-hybridized carbons (Fsp3) is 0.412. The van der Waals surface area contributed by atoms with Crippen LogP contribution >= 0.6 is 0 Å². The number of fused-ring (bicyclic) bond motifs is 1. The predicted molar refractivity (Wildman–Crippen MR) is 83.8 cm³/mol. The van der Waals surface area contributed by atoms with Crippen molar-refractivity contribution in [3.8, 4) is 11.5 Å². The number of aromatic amines is 1. The molecule has 0 spiro atoms. The Morgan fingerprint density at radius 2 is 2.22 bits per heavy atom. The van der Waals surface area contributed by atoms with Gasteiger partial charge in [-0.15, -0.1) is 0 Å². The number of aromatic nitrogens is 2. The molecular formula is C17H19N3O3. The number of carbonyl (C=O) groups excluding carboxylic acids is 1. The molecule has 0 bridgehead atoms. The van der Waals surface area contributed by atoms with Crippen LogP contribution in [0, 0.1) is 6.92 Å². The molecule has 1 atom stereocenters. The van der Waals surface area contributed by atoms with Crippen molar-refractivity contribution in [1.82, 2.24) is 15.1 Å². The summed E-state index contributed by atoms with van der Waals surface area (Å²) in [6, 6.07) is 5.38. The molecule has 1 aromatic carbocycles. The maximum absolute atomic E-state index is 12.8. The number of amides is 1. The number of H-pyrrole nitrogens is 1. The highest BCUT2D eigenvalue weighted by molar-refractivity contribution is 5.95. The van der Waals surface area contributed by atoms with E-state index >= 15 is 0 Å². The lowest BCUT2D eigenvalue weighted by molar-refractivity contribution is 0.0705. The van der Waals surface area contributed by atoms with Crippen molar-refractivity contribution in [3.63, 3.8) is 0 Å². The summed E-state index contributed by atoms with van der Waals surface area (Å²) in [5, 5.41) is 7.19.